The van der Waals surface area contributed by atoms with Crippen molar-refractivity contribution in [3.05, 3.63) is 0 Å². The lowest BCUT2D eigenvalue weighted by Gasteiger charge is -2.38. The summed E-state index contributed by atoms with van der Waals surface area (Å²) in [6, 6.07) is 0.197. The summed E-state index contributed by atoms with van der Waals surface area (Å²) in [5, 5.41) is 0. The van der Waals surface area contributed by atoms with Gasteiger partial charge in [-0.25, -0.2) is 0 Å². The molecule has 1 heterocycles. The molecule has 1 saturated carbocycles. The van der Waals surface area contributed by atoms with E-state index in [0.29, 0.717) is 26.2 Å². The average Bonchev–Trinajstić information content (AvgIpc) is 2.49. The van der Waals surface area contributed by atoms with E-state index < -0.39 is 10.2 Å². The van der Waals surface area contributed by atoms with Gasteiger partial charge in [0.1, 0.15) is 0 Å². The average molecular weight is 303 g/mol. The van der Waals surface area contributed by atoms with Gasteiger partial charge >= 0.3 is 0 Å². The molecule has 0 aromatic heterocycles. The molecule has 0 aromatic carbocycles. The first kappa shape index (κ1) is 16.2. The Labute approximate surface area is 123 Å². The van der Waals surface area contributed by atoms with Gasteiger partial charge in [0.05, 0.1) is 0 Å². The van der Waals surface area contributed by atoms with Gasteiger partial charge < -0.3 is 5.73 Å². The molecule has 0 radical (unpaired) electrons. The molecular formula is C14H29N3O2S. The second-order valence-corrected chi connectivity index (χ2v) is 7.89. The van der Waals surface area contributed by atoms with Gasteiger partial charge in [0.25, 0.3) is 10.2 Å². The maximum atomic E-state index is 12.9. The molecule has 1 aliphatic heterocycles. The van der Waals surface area contributed by atoms with E-state index in [1.807, 2.05) is 0 Å². The predicted molar refractivity (Wildman–Crippen MR) is 81.6 cm³/mol. The van der Waals surface area contributed by atoms with Gasteiger partial charge in [-0.15, -0.1) is 0 Å². The van der Waals surface area contributed by atoms with E-state index >= 15 is 0 Å². The molecular weight excluding hydrogens is 274 g/mol. The highest BCUT2D eigenvalue weighted by molar-refractivity contribution is 7.86. The summed E-state index contributed by atoms with van der Waals surface area (Å²) in [5.74, 6) is 0. The normalized spacial score (nSPS) is 23.3. The van der Waals surface area contributed by atoms with Crippen LogP contribution in [0.2, 0.25) is 0 Å². The van der Waals surface area contributed by atoms with Crippen LogP contribution < -0.4 is 5.73 Å². The van der Waals surface area contributed by atoms with Gasteiger partial charge in [-0.3, -0.25) is 0 Å². The molecule has 1 saturated heterocycles. The molecule has 5 nitrogen and oxygen atoms in total. The Morgan fingerprint density at radius 3 is 2.20 bits per heavy atom. The van der Waals surface area contributed by atoms with Crippen LogP contribution in [0.5, 0.6) is 0 Å². The Morgan fingerprint density at radius 1 is 1.00 bits per heavy atom. The van der Waals surface area contributed by atoms with Crippen molar-refractivity contribution < 1.29 is 8.42 Å². The zero-order valence-electron chi connectivity index (χ0n) is 12.5. The summed E-state index contributed by atoms with van der Waals surface area (Å²) >= 11 is 0. The number of nitrogens with zero attached hydrogens (tertiary/aromatic N) is 2. The van der Waals surface area contributed by atoms with E-state index in [1.54, 1.807) is 8.61 Å². The molecule has 0 aromatic rings. The summed E-state index contributed by atoms with van der Waals surface area (Å²) in [6.45, 7) is 2.51. The molecule has 2 rings (SSSR count). The zero-order chi connectivity index (χ0) is 14.4. The van der Waals surface area contributed by atoms with Crippen LogP contribution in [-0.4, -0.2) is 49.2 Å². The Hall–Kier alpha value is -0.170. The van der Waals surface area contributed by atoms with E-state index in [9.17, 15) is 8.42 Å². The Balaban J connectivity index is 2.10. The lowest BCUT2D eigenvalue weighted by atomic mass is 9.95. The largest absolute Gasteiger partial charge is 0.330 e. The van der Waals surface area contributed by atoms with Crippen molar-refractivity contribution in [3.63, 3.8) is 0 Å². The van der Waals surface area contributed by atoms with Gasteiger partial charge in [-0.2, -0.15) is 17.0 Å². The first-order valence-corrected chi connectivity index (χ1v) is 9.53. The molecule has 6 heteroatoms. The molecule has 0 amide bonds. The summed E-state index contributed by atoms with van der Waals surface area (Å²) in [7, 11) is -3.28. The fourth-order valence-corrected chi connectivity index (χ4v) is 5.31. The number of hydrogen-bond acceptors (Lipinski definition) is 3. The van der Waals surface area contributed by atoms with Crippen molar-refractivity contribution in [2.75, 3.05) is 26.2 Å². The minimum absolute atomic E-state index is 0.197. The van der Waals surface area contributed by atoms with Gasteiger partial charge in [0, 0.05) is 25.7 Å². The minimum atomic E-state index is -3.28. The number of nitrogens with two attached hydrogens (primary N) is 1. The first-order chi connectivity index (χ1) is 9.66. The summed E-state index contributed by atoms with van der Waals surface area (Å²) in [5.41, 5.74) is 5.59. The third-order valence-corrected chi connectivity index (χ3v) is 6.59. The fourth-order valence-electron chi connectivity index (χ4n) is 3.35. The third-order valence-electron chi connectivity index (χ3n) is 4.50. The number of piperidine rings is 1. The number of rotatable bonds is 6. The van der Waals surface area contributed by atoms with Crippen LogP contribution in [0.25, 0.3) is 0 Å². The maximum Gasteiger partial charge on any atom is 0.282 e. The van der Waals surface area contributed by atoms with Crippen LogP contribution in [0.3, 0.4) is 0 Å². The highest BCUT2D eigenvalue weighted by Crippen LogP contribution is 2.27. The van der Waals surface area contributed by atoms with Crippen LogP contribution in [0.4, 0.5) is 0 Å². The van der Waals surface area contributed by atoms with Crippen molar-refractivity contribution in [3.8, 4) is 0 Å². The standard InChI is InChI=1S/C14H29N3O2S/c15-10-7-13-17(14-8-3-1-4-9-14)20(18,19)16-11-5-2-6-12-16/h14H,1-13,15H2. The van der Waals surface area contributed by atoms with E-state index in [2.05, 4.69) is 0 Å². The Bertz CT molecular complexity index is 374. The van der Waals surface area contributed by atoms with Crippen molar-refractivity contribution in [2.24, 2.45) is 5.73 Å². The van der Waals surface area contributed by atoms with Gasteiger partial charge in [0.2, 0.25) is 0 Å². The zero-order valence-corrected chi connectivity index (χ0v) is 13.3. The molecule has 0 bridgehead atoms. The van der Waals surface area contributed by atoms with Crippen molar-refractivity contribution in [2.45, 2.75) is 63.8 Å². The van der Waals surface area contributed by atoms with Crippen LogP contribution in [-0.2, 0) is 10.2 Å². The Kier molecular flexibility index (Phi) is 6.26. The summed E-state index contributed by atoms with van der Waals surface area (Å²) in [4.78, 5) is 0. The second kappa shape index (κ2) is 7.73. The predicted octanol–water partition coefficient (Wildman–Crippen LogP) is 1.70. The van der Waals surface area contributed by atoms with Crippen molar-refractivity contribution in [1.29, 1.82) is 0 Å². The summed E-state index contributed by atoms with van der Waals surface area (Å²) in [6.07, 6.45) is 9.46. The van der Waals surface area contributed by atoms with Crippen molar-refractivity contribution >= 4 is 10.2 Å². The lowest BCUT2D eigenvalue weighted by molar-refractivity contribution is 0.225. The molecule has 118 valence electrons. The third kappa shape index (κ3) is 3.93. The first-order valence-electron chi connectivity index (χ1n) is 8.13. The van der Waals surface area contributed by atoms with Crippen LogP contribution in [0, 0.1) is 0 Å². The second-order valence-electron chi connectivity index (χ2n) is 6.01. The highest BCUT2D eigenvalue weighted by Gasteiger charge is 2.35. The molecule has 2 aliphatic rings. The SMILES string of the molecule is NCCCN(C1CCCCC1)S(=O)(=O)N1CCCCC1. The monoisotopic (exact) mass is 303 g/mol. The van der Waals surface area contributed by atoms with Gasteiger partial charge in [-0.05, 0) is 38.6 Å². The number of hydrogen-bond donors (Lipinski definition) is 1. The van der Waals surface area contributed by atoms with Crippen LogP contribution in [0.15, 0.2) is 0 Å². The molecule has 0 spiro atoms. The summed E-state index contributed by atoms with van der Waals surface area (Å²) < 4.78 is 29.3. The topological polar surface area (TPSA) is 66.6 Å². The Morgan fingerprint density at radius 2 is 1.60 bits per heavy atom. The van der Waals surface area contributed by atoms with Crippen LogP contribution >= 0.6 is 0 Å². The molecule has 2 fully saturated rings. The molecule has 0 unspecified atom stereocenters. The molecule has 1 aliphatic carbocycles. The van der Waals surface area contributed by atoms with Gasteiger partial charge in [-0.1, -0.05) is 25.7 Å². The lowest BCUT2D eigenvalue weighted by Crippen LogP contribution is -2.51. The smallest absolute Gasteiger partial charge is 0.282 e. The fraction of sp³-hybridized carbons (Fsp3) is 1.00. The highest BCUT2D eigenvalue weighted by atomic mass is 32.2. The minimum Gasteiger partial charge on any atom is -0.330 e. The van der Waals surface area contributed by atoms with E-state index in [0.717, 1.165) is 51.4 Å². The maximum absolute atomic E-state index is 12.9. The van der Waals surface area contributed by atoms with E-state index in [4.69, 9.17) is 5.73 Å². The quantitative estimate of drug-likeness (QED) is 0.812. The van der Waals surface area contributed by atoms with Gasteiger partial charge in [0.15, 0.2) is 0 Å². The molecule has 0 atom stereocenters. The van der Waals surface area contributed by atoms with E-state index in [1.165, 1.54) is 6.42 Å². The van der Waals surface area contributed by atoms with Crippen molar-refractivity contribution in [1.82, 2.24) is 8.61 Å². The van der Waals surface area contributed by atoms with E-state index in [-0.39, 0.29) is 6.04 Å². The molecule has 20 heavy (non-hydrogen) atoms. The van der Waals surface area contributed by atoms with Crippen LogP contribution in [0.1, 0.15) is 57.8 Å². The molecule has 2 N–H and O–H groups in total.